The first kappa shape index (κ1) is 66.2. The Hall–Kier alpha value is -2.80. The molecule has 0 aromatic rings. The summed E-state index contributed by atoms with van der Waals surface area (Å²) in [5.41, 5.74) is 0. The van der Waals surface area contributed by atoms with Crippen molar-refractivity contribution in [2.45, 2.75) is 314 Å². The van der Waals surface area contributed by atoms with Crippen LogP contribution in [0.1, 0.15) is 278 Å². The number of unbranched alkanes of at least 4 members (excludes halogenated alkanes) is 32. The molecule has 0 bridgehead atoms. The van der Waals surface area contributed by atoms with E-state index in [0.29, 0.717) is 19.3 Å². The van der Waals surface area contributed by atoms with Gasteiger partial charge in [0, 0.05) is 19.3 Å². The number of hydrogen-bond donors (Lipinski definition) is 3. The maximum atomic E-state index is 13.1. The largest absolute Gasteiger partial charge is 0.479 e. The van der Waals surface area contributed by atoms with E-state index in [1.165, 1.54) is 128 Å². The summed E-state index contributed by atoms with van der Waals surface area (Å²) >= 11 is 0. The van der Waals surface area contributed by atoms with Gasteiger partial charge in [-0.15, -0.1) is 0 Å². The van der Waals surface area contributed by atoms with Crippen molar-refractivity contribution in [3.63, 3.8) is 0 Å². The van der Waals surface area contributed by atoms with E-state index in [1.807, 2.05) is 0 Å². The summed E-state index contributed by atoms with van der Waals surface area (Å²) in [7, 11) is 0. The Morgan fingerprint density at radius 2 is 0.803 bits per heavy atom. The average Bonchev–Trinajstić information content (AvgIpc) is 3.35. The molecule has 1 saturated heterocycles. The van der Waals surface area contributed by atoms with Crippen molar-refractivity contribution < 1.29 is 58.2 Å². The molecule has 12 heteroatoms. The second kappa shape index (κ2) is 48.2. The van der Waals surface area contributed by atoms with Crippen LogP contribution in [0.5, 0.6) is 0 Å². The Kier molecular flexibility index (Phi) is 44.9. The Bertz CT molecular complexity index is 1340. The summed E-state index contributed by atoms with van der Waals surface area (Å²) in [5, 5.41) is 31.4. The van der Waals surface area contributed by atoms with E-state index in [-0.39, 0.29) is 25.9 Å². The third-order valence-corrected chi connectivity index (χ3v) is 13.5. The number of hydrogen-bond acceptors (Lipinski definition) is 11. The predicted octanol–water partition coefficient (Wildman–Crippen LogP) is 14.7. The topological polar surface area (TPSA) is 175 Å². The Morgan fingerprint density at radius 1 is 0.451 bits per heavy atom. The van der Waals surface area contributed by atoms with E-state index in [1.54, 1.807) is 0 Å². The van der Waals surface area contributed by atoms with Crippen LogP contribution in [0.2, 0.25) is 0 Å². The molecule has 12 nitrogen and oxygen atoms in total. The highest BCUT2D eigenvalue weighted by Crippen LogP contribution is 2.26. The lowest BCUT2D eigenvalue weighted by Gasteiger charge is -2.40. The number of esters is 3. The fourth-order valence-corrected chi connectivity index (χ4v) is 8.95. The molecule has 6 unspecified atom stereocenters. The zero-order chi connectivity index (χ0) is 51.8. The van der Waals surface area contributed by atoms with E-state index in [4.69, 9.17) is 23.7 Å². The molecule has 1 heterocycles. The minimum Gasteiger partial charge on any atom is -0.479 e. The van der Waals surface area contributed by atoms with Crippen molar-refractivity contribution in [1.29, 1.82) is 0 Å². The molecule has 1 aliphatic rings. The summed E-state index contributed by atoms with van der Waals surface area (Å²) < 4.78 is 28.4. The highest BCUT2D eigenvalue weighted by molar-refractivity contribution is 5.74. The monoisotopic (exact) mass is 1010 g/mol. The van der Waals surface area contributed by atoms with Gasteiger partial charge in [-0.25, -0.2) is 4.79 Å². The van der Waals surface area contributed by atoms with Gasteiger partial charge in [0.15, 0.2) is 24.6 Å². The first-order chi connectivity index (χ1) is 34.6. The lowest BCUT2D eigenvalue weighted by atomic mass is 9.98. The molecular weight excluding hydrogens is 901 g/mol. The van der Waals surface area contributed by atoms with E-state index >= 15 is 0 Å². The third kappa shape index (κ3) is 38.4. The van der Waals surface area contributed by atoms with Crippen molar-refractivity contribution in [1.82, 2.24) is 0 Å². The molecule has 414 valence electrons. The lowest BCUT2D eigenvalue weighted by Crippen LogP contribution is -2.61. The number of carboxylic acids is 1. The number of carboxylic acid groups (broad SMARTS) is 1. The molecule has 0 radical (unpaired) electrons. The van der Waals surface area contributed by atoms with Gasteiger partial charge in [-0.2, -0.15) is 0 Å². The standard InChI is InChI=1S/C59H106O12/c1-4-7-10-13-16-19-21-23-24-25-26-27-28-30-32-35-38-41-44-47-53(62)70-57-55(64)54(63)56(58(65)66)71-59(57)68-49-50(69-52(61)46-43-40-37-33-18-15-12-9-6-3)48-67-51(60)45-42-39-36-34-31-29-22-20-17-14-11-8-5-2/h20,22-24,50,54-57,59,63-64H,4-19,21,25-49H2,1-3H3,(H,65,66)/b22-20-,24-23-. The van der Waals surface area contributed by atoms with Gasteiger partial charge < -0.3 is 39.0 Å². The molecule has 1 rings (SSSR count). The predicted molar refractivity (Wildman–Crippen MR) is 285 cm³/mol. The molecule has 0 aromatic heterocycles. The molecule has 0 amide bonds. The number of allylic oxidation sites excluding steroid dienone is 4. The van der Waals surface area contributed by atoms with Crippen molar-refractivity contribution in [2.75, 3.05) is 13.2 Å². The van der Waals surface area contributed by atoms with Crippen LogP contribution >= 0.6 is 0 Å². The third-order valence-electron chi connectivity index (χ3n) is 13.5. The van der Waals surface area contributed by atoms with E-state index in [0.717, 1.165) is 89.9 Å². The normalized spacial score (nSPS) is 18.6. The maximum absolute atomic E-state index is 13.1. The minimum absolute atomic E-state index is 0.0619. The highest BCUT2D eigenvalue weighted by atomic mass is 16.7. The molecule has 0 aromatic carbocycles. The molecule has 0 aliphatic carbocycles. The molecule has 1 aliphatic heterocycles. The minimum atomic E-state index is -1.90. The second-order valence-corrected chi connectivity index (χ2v) is 20.3. The molecule has 3 N–H and O–H groups in total. The van der Waals surface area contributed by atoms with Crippen molar-refractivity contribution in [3.05, 3.63) is 24.3 Å². The van der Waals surface area contributed by atoms with Crippen LogP contribution in [0.25, 0.3) is 0 Å². The summed E-state index contributed by atoms with van der Waals surface area (Å²) in [5.74, 6) is -3.11. The Morgan fingerprint density at radius 3 is 1.21 bits per heavy atom. The van der Waals surface area contributed by atoms with Gasteiger partial charge in [-0.1, -0.05) is 212 Å². The zero-order valence-electron chi connectivity index (χ0n) is 45.5. The fraction of sp³-hybridized carbons (Fsp3) is 0.864. The van der Waals surface area contributed by atoms with Gasteiger partial charge in [-0.05, 0) is 70.6 Å². The Balaban J connectivity index is 2.63. The van der Waals surface area contributed by atoms with Crippen LogP contribution in [-0.4, -0.2) is 89.2 Å². The molecule has 6 atom stereocenters. The van der Waals surface area contributed by atoms with Crippen LogP contribution in [-0.2, 0) is 42.9 Å². The van der Waals surface area contributed by atoms with Crippen LogP contribution < -0.4 is 0 Å². The van der Waals surface area contributed by atoms with Gasteiger partial charge >= 0.3 is 23.9 Å². The van der Waals surface area contributed by atoms with Crippen LogP contribution in [0, 0.1) is 0 Å². The molecule has 0 saturated carbocycles. The molecule has 0 spiro atoms. The smallest absolute Gasteiger partial charge is 0.335 e. The number of aliphatic hydroxyl groups is 2. The molecule has 71 heavy (non-hydrogen) atoms. The zero-order valence-corrected chi connectivity index (χ0v) is 45.5. The van der Waals surface area contributed by atoms with Gasteiger partial charge in [-0.3, -0.25) is 14.4 Å². The second-order valence-electron chi connectivity index (χ2n) is 20.3. The molecular formula is C59H106O12. The SMILES string of the molecule is CCCCCC/C=C\CCCCCCCC(=O)OCC(COC1OC(C(=O)O)C(O)C(O)C1OC(=O)CCCCCCCCCCC/C=C\CCCCCCCC)OC(=O)CCCCCCCCCCC. The van der Waals surface area contributed by atoms with E-state index < -0.39 is 67.3 Å². The number of carbonyl (C=O) groups excluding carboxylic acids is 3. The lowest BCUT2D eigenvalue weighted by molar-refractivity contribution is -0.301. The average molecular weight is 1010 g/mol. The Labute approximate surface area is 432 Å². The fourth-order valence-electron chi connectivity index (χ4n) is 8.95. The van der Waals surface area contributed by atoms with E-state index in [9.17, 15) is 34.5 Å². The van der Waals surface area contributed by atoms with Gasteiger partial charge in [0.2, 0.25) is 0 Å². The number of aliphatic hydroxyl groups excluding tert-OH is 2. The van der Waals surface area contributed by atoms with Crippen LogP contribution in [0.15, 0.2) is 24.3 Å². The number of carbonyl (C=O) groups is 4. The van der Waals surface area contributed by atoms with Crippen LogP contribution in [0.3, 0.4) is 0 Å². The first-order valence-corrected chi connectivity index (χ1v) is 29.3. The molecule has 1 fully saturated rings. The summed E-state index contributed by atoms with van der Waals surface area (Å²) in [6.07, 6.45) is 41.6. The number of ether oxygens (including phenoxy) is 5. The summed E-state index contributed by atoms with van der Waals surface area (Å²) in [6, 6.07) is 0. The van der Waals surface area contributed by atoms with Gasteiger partial charge in [0.05, 0.1) is 6.61 Å². The first-order valence-electron chi connectivity index (χ1n) is 29.3. The highest BCUT2D eigenvalue weighted by Gasteiger charge is 2.50. The summed E-state index contributed by atoms with van der Waals surface area (Å²) in [6.45, 7) is 5.96. The summed E-state index contributed by atoms with van der Waals surface area (Å²) in [4.78, 5) is 50.9. The number of aliphatic carboxylic acids is 1. The van der Waals surface area contributed by atoms with E-state index in [2.05, 4.69) is 45.1 Å². The van der Waals surface area contributed by atoms with Gasteiger partial charge in [0.1, 0.15) is 18.8 Å². The van der Waals surface area contributed by atoms with Crippen molar-refractivity contribution >= 4 is 23.9 Å². The number of rotatable bonds is 50. The maximum Gasteiger partial charge on any atom is 0.335 e. The quantitative estimate of drug-likeness (QED) is 0.0228. The van der Waals surface area contributed by atoms with Crippen molar-refractivity contribution in [3.8, 4) is 0 Å². The van der Waals surface area contributed by atoms with Gasteiger partial charge in [0.25, 0.3) is 0 Å². The van der Waals surface area contributed by atoms with Crippen molar-refractivity contribution in [2.24, 2.45) is 0 Å². The van der Waals surface area contributed by atoms with Crippen LogP contribution in [0.4, 0.5) is 0 Å².